The number of nitrogens with two attached hydrogens (primary N) is 6. The molecule has 0 spiro atoms. The number of aliphatic hydroxyl groups is 4. The normalized spacial score (nSPS) is 15.4. The number of hydrogen-bond acceptors (Lipinski definition) is 26. The van der Waals surface area contributed by atoms with E-state index in [4.69, 9.17) is 34.4 Å². The first-order valence-electron chi connectivity index (χ1n) is 32.1. The second-order valence-electron chi connectivity index (χ2n) is 24.3. The smallest absolute Gasteiger partial charge is 0.326 e. The lowest BCUT2D eigenvalue weighted by Gasteiger charge is -2.30. The van der Waals surface area contributed by atoms with Gasteiger partial charge in [0.2, 0.25) is 100 Å². The van der Waals surface area contributed by atoms with E-state index in [1.54, 1.807) is 0 Å². The maximum absolute atomic E-state index is 14.1. The van der Waals surface area contributed by atoms with Crippen molar-refractivity contribution < 1.29 is 132 Å². The Kier molecular flexibility index (Phi) is 41.8. The average Bonchev–Trinajstić information content (AvgIpc) is 0.859. The number of nitrogens with one attached hydrogen (secondary N) is 13. The van der Waals surface area contributed by atoms with E-state index in [1.165, 1.54) is 27.7 Å². The molecule has 0 aliphatic carbocycles. The molecule has 0 fully saturated rings. The molecule has 0 radical (unpaired) electrons. The van der Waals surface area contributed by atoms with Gasteiger partial charge in [0, 0.05) is 12.8 Å². The second-order valence-corrected chi connectivity index (χ2v) is 24.3. The van der Waals surface area contributed by atoms with E-state index in [9.17, 15) is 132 Å². The van der Waals surface area contributed by atoms with Gasteiger partial charge in [-0.3, -0.25) is 91.1 Å². The Bertz CT molecular complexity index is 3100. The fraction of sp³-hybridized carbons (Fsp3) is 0.655. The van der Waals surface area contributed by atoms with Crippen LogP contribution in [0.25, 0.3) is 0 Å². The molecule has 0 rings (SSSR count). The monoisotopic (exact) mass is 1490 g/mol. The Morgan fingerprint density at radius 2 is 0.596 bits per heavy atom. The van der Waals surface area contributed by atoms with Crippen molar-refractivity contribution in [1.29, 1.82) is 0 Å². The standard InChI is InChI=1S/C58H97N19O27/c1-22(2)42(55(100)68-26(9-7-8-14-59)48(93)76-44(24(5)80)56(101)71-31(17-38(64)85)51(96)73-33(20-78)53(98)75-43(23(3)4)58(103)104)74-57(102)45(25(6)81)77-54(99)34(21-79)72-47(92)27(10-12-35(61)82)66-49(94)29(15-36(62)83)69-46(91)28(11-13-40(87)88)67-50(95)30(16-37(63)84)70-52(97)32(18-41(89)90)65-39(86)19-60/h22-34,42-45,78-81H,7-21,59-60H2,1-6H3,(H2,61,82)(H2,62,83)(H2,63,84)(H2,64,85)(H,65,86)(H,66,94)(H,67,95)(H,68,100)(H,69,91)(H,70,97)(H,71,101)(H,72,92)(H,73,96)(H,74,102)(H,75,98)(H,76,93)(H,77,99)(H,87,88)(H,89,90)(H,103,104)/t24-,25-,26+,27+,28+,29+,30+,31+,32+,33+,34+,42+,43+,44+,45+/m1/s1. The van der Waals surface area contributed by atoms with E-state index >= 15 is 0 Å². The topological polar surface area (TPSA) is 796 Å². The summed E-state index contributed by atoms with van der Waals surface area (Å²) < 4.78 is 0. The van der Waals surface area contributed by atoms with Crippen LogP contribution in [-0.2, 0) is 95.9 Å². The van der Waals surface area contributed by atoms with Gasteiger partial charge >= 0.3 is 17.9 Å². The zero-order valence-electron chi connectivity index (χ0n) is 57.7. The van der Waals surface area contributed by atoms with Crippen molar-refractivity contribution in [3.63, 3.8) is 0 Å². The van der Waals surface area contributed by atoms with Crippen LogP contribution in [0.15, 0.2) is 0 Å². The molecule has 0 aliphatic rings. The minimum absolute atomic E-state index is 0.0700. The number of carboxylic acids is 3. The summed E-state index contributed by atoms with van der Waals surface area (Å²) in [5.41, 5.74) is 32.1. The molecule has 586 valence electrons. The van der Waals surface area contributed by atoms with Gasteiger partial charge in [0.25, 0.3) is 0 Å². The fourth-order valence-electron chi connectivity index (χ4n) is 9.13. The Morgan fingerprint density at radius 3 is 0.923 bits per heavy atom. The van der Waals surface area contributed by atoms with Gasteiger partial charge in [-0.05, 0) is 64.3 Å². The summed E-state index contributed by atoms with van der Waals surface area (Å²) in [7, 11) is 0. The first-order chi connectivity index (χ1) is 48.3. The third kappa shape index (κ3) is 34.7. The highest BCUT2D eigenvalue weighted by atomic mass is 16.4. The SMILES string of the molecule is CC(C)[C@H](NC(=O)[C@H](CO)NC(=O)[C@H](CC(N)=O)NC(=O)[C@@H](NC(=O)[C@H](CCCCN)NC(=O)[C@@H](NC(=O)[C@@H](NC(=O)[C@H](CO)NC(=O)[C@H](CCC(N)=O)NC(=O)[C@H](CC(N)=O)NC(=O)[C@H](CCC(=O)O)NC(=O)[C@H](CC(N)=O)NC(=O)[C@H](CC(=O)O)NC(=O)CN)[C@@H](C)O)C(C)C)[C@@H](C)O)C(=O)O. The predicted molar refractivity (Wildman–Crippen MR) is 351 cm³/mol. The third-order valence-corrected chi connectivity index (χ3v) is 14.7. The number of aliphatic carboxylic acids is 3. The lowest BCUT2D eigenvalue weighted by molar-refractivity contribution is -0.144. The molecule has 15 atom stereocenters. The number of amides is 17. The van der Waals surface area contributed by atoms with E-state index in [2.05, 4.69) is 42.5 Å². The third-order valence-electron chi connectivity index (χ3n) is 14.7. The van der Waals surface area contributed by atoms with Crippen LogP contribution in [-0.4, -0.2) is 271 Å². The molecule has 0 bridgehead atoms. The summed E-state index contributed by atoms with van der Waals surface area (Å²) >= 11 is 0. The number of unbranched alkanes of at least 4 members (excludes halogenated alkanes) is 1. The highest BCUT2D eigenvalue weighted by Gasteiger charge is 2.40. The average molecular weight is 1490 g/mol. The van der Waals surface area contributed by atoms with Crippen LogP contribution < -0.4 is 104 Å². The summed E-state index contributed by atoms with van der Waals surface area (Å²) in [5.74, 6) is -28.4. The molecule has 0 aromatic rings. The summed E-state index contributed by atoms with van der Waals surface area (Å²) in [5, 5.41) is 97.5. The fourth-order valence-corrected chi connectivity index (χ4v) is 9.13. The largest absolute Gasteiger partial charge is 0.481 e. The zero-order chi connectivity index (χ0) is 80.2. The zero-order valence-corrected chi connectivity index (χ0v) is 57.7. The van der Waals surface area contributed by atoms with Gasteiger partial charge in [0.15, 0.2) is 0 Å². The first kappa shape index (κ1) is 93.2. The number of carbonyl (C=O) groups excluding carboxylic acids is 17. The maximum Gasteiger partial charge on any atom is 0.326 e. The van der Waals surface area contributed by atoms with Crippen LogP contribution >= 0.6 is 0 Å². The molecule has 0 unspecified atom stereocenters. The highest BCUT2D eigenvalue weighted by Crippen LogP contribution is 2.12. The summed E-state index contributed by atoms with van der Waals surface area (Å²) in [6.45, 7) is 4.57. The number of carbonyl (C=O) groups is 20. The van der Waals surface area contributed by atoms with Crippen LogP contribution in [0, 0.1) is 11.8 Å². The van der Waals surface area contributed by atoms with Gasteiger partial charge in [0.05, 0.1) is 57.6 Å². The van der Waals surface area contributed by atoms with Crippen molar-refractivity contribution >= 4 is 118 Å². The summed E-state index contributed by atoms with van der Waals surface area (Å²) in [6, 6.07) is -25.1. The van der Waals surface area contributed by atoms with Crippen molar-refractivity contribution in [3.05, 3.63) is 0 Å². The Labute approximate surface area is 593 Å². The highest BCUT2D eigenvalue weighted by molar-refractivity contribution is 6.02. The molecule has 46 nitrogen and oxygen atoms in total. The van der Waals surface area contributed by atoms with Crippen LogP contribution in [0.4, 0.5) is 0 Å². The second kappa shape index (κ2) is 46.6. The van der Waals surface area contributed by atoms with Crippen molar-refractivity contribution in [1.82, 2.24) is 69.1 Å². The van der Waals surface area contributed by atoms with Gasteiger partial charge in [-0.1, -0.05) is 27.7 Å². The first-order valence-corrected chi connectivity index (χ1v) is 32.1. The van der Waals surface area contributed by atoms with E-state index in [0.717, 1.165) is 13.8 Å². The van der Waals surface area contributed by atoms with Crippen LogP contribution in [0.5, 0.6) is 0 Å². The molecule has 0 heterocycles. The van der Waals surface area contributed by atoms with Crippen LogP contribution in [0.2, 0.25) is 0 Å². The number of rotatable bonds is 51. The van der Waals surface area contributed by atoms with E-state index in [0.29, 0.717) is 0 Å². The van der Waals surface area contributed by atoms with Crippen molar-refractivity contribution in [3.8, 4) is 0 Å². The van der Waals surface area contributed by atoms with Gasteiger partial charge in [-0.15, -0.1) is 0 Å². The molecule has 46 heteroatoms. The van der Waals surface area contributed by atoms with Crippen LogP contribution in [0.1, 0.15) is 112 Å². The minimum Gasteiger partial charge on any atom is -0.481 e. The lowest BCUT2D eigenvalue weighted by Crippen LogP contribution is -2.63. The Balaban J connectivity index is 6.90. The van der Waals surface area contributed by atoms with Crippen LogP contribution in [0.3, 0.4) is 0 Å². The van der Waals surface area contributed by atoms with E-state index in [1.807, 2.05) is 26.6 Å². The number of aliphatic hydroxyl groups excluding tert-OH is 4. The van der Waals surface area contributed by atoms with Gasteiger partial charge in [-0.25, -0.2) is 4.79 Å². The molecule has 17 amide bonds. The Morgan fingerprint density at radius 1 is 0.308 bits per heavy atom. The molecule has 104 heavy (non-hydrogen) atoms. The maximum atomic E-state index is 14.1. The van der Waals surface area contributed by atoms with Crippen molar-refractivity contribution in [2.45, 2.75) is 203 Å². The quantitative estimate of drug-likeness (QED) is 0.0252. The van der Waals surface area contributed by atoms with Crippen molar-refractivity contribution in [2.24, 2.45) is 46.2 Å². The van der Waals surface area contributed by atoms with Gasteiger partial charge in [-0.2, -0.15) is 0 Å². The van der Waals surface area contributed by atoms with Crippen molar-refractivity contribution in [2.75, 3.05) is 26.3 Å². The lowest BCUT2D eigenvalue weighted by atomic mass is 10.0. The molecular formula is C58H97N19O27. The molecule has 0 saturated carbocycles. The molecule has 0 saturated heterocycles. The number of carboxylic acid groups (broad SMARTS) is 3. The Hall–Kier alpha value is -10.8. The van der Waals surface area contributed by atoms with E-state index in [-0.39, 0.29) is 25.8 Å². The molecule has 0 aromatic heterocycles. The molecule has 0 aromatic carbocycles. The predicted octanol–water partition coefficient (Wildman–Crippen LogP) is -14.2. The molecular weight excluding hydrogens is 1390 g/mol. The summed E-state index contributed by atoms with van der Waals surface area (Å²) in [4.78, 5) is 260. The van der Waals surface area contributed by atoms with Gasteiger partial charge in [0.1, 0.15) is 78.5 Å². The number of hydrogen-bond donors (Lipinski definition) is 26. The molecule has 0 aliphatic heterocycles. The van der Waals surface area contributed by atoms with Gasteiger partial charge < -0.3 is 139 Å². The number of primary amides is 4. The van der Waals surface area contributed by atoms with E-state index < -0.39 is 292 Å². The minimum atomic E-state index is -2.18. The molecule has 32 N–H and O–H groups in total. The summed E-state index contributed by atoms with van der Waals surface area (Å²) in [6.07, 6.45) is -11.2.